The Balaban J connectivity index is 0.000000244. The first-order chi connectivity index (χ1) is 7.79. The Hall–Kier alpha value is -0.820. The molecule has 0 radical (unpaired) electrons. The summed E-state index contributed by atoms with van der Waals surface area (Å²) in [5.74, 6) is 0. The molecule has 0 spiro atoms. The molecule has 0 atom stereocenters. The van der Waals surface area contributed by atoms with Gasteiger partial charge < -0.3 is 4.90 Å². The quantitative estimate of drug-likeness (QED) is 0.637. The van der Waals surface area contributed by atoms with E-state index in [4.69, 9.17) is 0 Å². The van der Waals surface area contributed by atoms with Crippen LogP contribution in [0.15, 0.2) is 30.3 Å². The van der Waals surface area contributed by atoms with Crippen LogP contribution in [-0.2, 0) is 0 Å². The Morgan fingerprint density at radius 3 is 1.62 bits per heavy atom. The first kappa shape index (κ1) is 15.2. The van der Waals surface area contributed by atoms with Crippen molar-refractivity contribution in [1.29, 1.82) is 0 Å². The summed E-state index contributed by atoms with van der Waals surface area (Å²) in [5.41, 5.74) is 1.32. The number of nitrogens with zero attached hydrogens (tertiary/aromatic N) is 1. The molecule has 1 aromatic rings. The zero-order chi connectivity index (χ0) is 12.2. The Labute approximate surface area is 101 Å². The van der Waals surface area contributed by atoms with E-state index in [9.17, 15) is 0 Å². The largest absolute Gasteiger partial charge is 0.306 e. The highest BCUT2D eigenvalue weighted by atomic mass is 15.1. The van der Waals surface area contributed by atoms with Gasteiger partial charge in [-0.1, -0.05) is 56.2 Å². The van der Waals surface area contributed by atoms with Gasteiger partial charge in [-0.3, -0.25) is 0 Å². The lowest BCUT2D eigenvalue weighted by Gasteiger charge is -2.20. The van der Waals surface area contributed by atoms with Gasteiger partial charge in [0, 0.05) is 0 Å². The first-order valence-electron chi connectivity index (χ1n) is 6.49. The van der Waals surface area contributed by atoms with Crippen molar-refractivity contribution in [3.63, 3.8) is 0 Å². The van der Waals surface area contributed by atoms with Gasteiger partial charge in [-0.05, 0) is 39.9 Å². The molecule has 1 fully saturated rings. The minimum Gasteiger partial charge on any atom is -0.306 e. The zero-order valence-electron chi connectivity index (χ0n) is 11.4. The summed E-state index contributed by atoms with van der Waals surface area (Å²) in [6.45, 7) is 8.72. The maximum atomic E-state index is 2.39. The summed E-state index contributed by atoms with van der Waals surface area (Å²) >= 11 is 0. The molecule has 92 valence electrons. The topological polar surface area (TPSA) is 3.24 Å². The molecule has 1 aliphatic heterocycles. The predicted molar refractivity (Wildman–Crippen MR) is 73.9 cm³/mol. The fourth-order valence-corrected chi connectivity index (χ4v) is 1.59. The summed E-state index contributed by atoms with van der Waals surface area (Å²) in [6.07, 6.45) is 4.28. The molecule has 16 heavy (non-hydrogen) atoms. The standard InChI is InChI=1S/C7H8.C6H13N.C2H6/c2*1-7-5-3-2-4-6-7;1-2/h2-6H,1H3;2-6H2,1H3;1-2H3. The van der Waals surface area contributed by atoms with Crippen LogP contribution in [0.1, 0.15) is 38.7 Å². The summed E-state index contributed by atoms with van der Waals surface area (Å²) < 4.78 is 0. The van der Waals surface area contributed by atoms with Crippen molar-refractivity contribution in [3.8, 4) is 0 Å². The molecule has 0 aliphatic carbocycles. The number of hydrogen-bond acceptors (Lipinski definition) is 1. The van der Waals surface area contributed by atoms with E-state index in [0.717, 1.165) is 0 Å². The Morgan fingerprint density at radius 1 is 0.875 bits per heavy atom. The maximum absolute atomic E-state index is 2.39. The number of hydrogen-bond donors (Lipinski definition) is 0. The molecule has 1 aromatic carbocycles. The van der Waals surface area contributed by atoms with Crippen molar-refractivity contribution < 1.29 is 0 Å². The maximum Gasteiger partial charge on any atom is -0.00218 e. The van der Waals surface area contributed by atoms with Crippen molar-refractivity contribution in [2.75, 3.05) is 20.1 Å². The summed E-state index contributed by atoms with van der Waals surface area (Å²) in [4.78, 5) is 2.39. The molecule has 1 aliphatic rings. The van der Waals surface area contributed by atoms with Crippen molar-refractivity contribution in [2.45, 2.75) is 40.0 Å². The summed E-state index contributed by atoms with van der Waals surface area (Å²) in [7, 11) is 2.19. The van der Waals surface area contributed by atoms with Gasteiger partial charge in [0.15, 0.2) is 0 Å². The third-order valence-electron chi connectivity index (χ3n) is 2.52. The molecule has 0 bridgehead atoms. The minimum atomic E-state index is 1.32. The van der Waals surface area contributed by atoms with Crippen molar-refractivity contribution in [2.24, 2.45) is 0 Å². The molecular weight excluding hydrogens is 194 g/mol. The summed E-state index contributed by atoms with van der Waals surface area (Å²) in [6, 6.07) is 10.3. The van der Waals surface area contributed by atoms with Crippen molar-refractivity contribution in [1.82, 2.24) is 4.90 Å². The SMILES string of the molecule is CC.CN1CCCCC1.Cc1ccccc1. The van der Waals surface area contributed by atoms with Gasteiger partial charge in [-0.2, -0.15) is 0 Å². The molecule has 1 saturated heterocycles. The normalized spacial score (nSPS) is 15.2. The highest BCUT2D eigenvalue weighted by Gasteiger charge is 2.02. The van der Waals surface area contributed by atoms with Gasteiger partial charge in [0.1, 0.15) is 0 Å². The lowest BCUT2D eigenvalue weighted by Crippen LogP contribution is -2.24. The Morgan fingerprint density at radius 2 is 1.38 bits per heavy atom. The third kappa shape index (κ3) is 8.49. The van der Waals surface area contributed by atoms with E-state index < -0.39 is 0 Å². The molecule has 0 N–H and O–H groups in total. The van der Waals surface area contributed by atoms with Gasteiger partial charge >= 0.3 is 0 Å². The monoisotopic (exact) mass is 221 g/mol. The van der Waals surface area contributed by atoms with Crippen LogP contribution in [0, 0.1) is 6.92 Å². The zero-order valence-corrected chi connectivity index (χ0v) is 11.4. The summed E-state index contributed by atoms with van der Waals surface area (Å²) in [5, 5.41) is 0. The third-order valence-corrected chi connectivity index (χ3v) is 2.52. The van der Waals surface area contributed by atoms with Crippen LogP contribution in [0.3, 0.4) is 0 Å². The molecule has 1 heteroatoms. The van der Waals surface area contributed by atoms with Gasteiger partial charge in [0.25, 0.3) is 0 Å². The van der Waals surface area contributed by atoms with Gasteiger partial charge in [-0.15, -0.1) is 0 Å². The van der Waals surface area contributed by atoms with Crippen molar-refractivity contribution >= 4 is 0 Å². The Bertz CT molecular complexity index is 224. The minimum absolute atomic E-state index is 1.32. The average molecular weight is 221 g/mol. The molecule has 0 amide bonds. The molecule has 1 nitrogen and oxygen atoms in total. The van der Waals surface area contributed by atoms with Crippen LogP contribution >= 0.6 is 0 Å². The van der Waals surface area contributed by atoms with E-state index in [1.165, 1.54) is 37.9 Å². The molecule has 1 heterocycles. The first-order valence-corrected chi connectivity index (χ1v) is 6.49. The lowest BCUT2D eigenvalue weighted by atomic mass is 10.1. The average Bonchev–Trinajstić information content (AvgIpc) is 2.34. The second-order valence-electron chi connectivity index (χ2n) is 4.02. The predicted octanol–water partition coefficient (Wildman–Crippen LogP) is 4.12. The highest BCUT2D eigenvalue weighted by Crippen LogP contribution is 2.04. The number of aryl methyl sites for hydroxylation is 1. The number of benzene rings is 1. The van der Waals surface area contributed by atoms with Gasteiger partial charge in [0.05, 0.1) is 0 Å². The molecule has 0 aromatic heterocycles. The fourth-order valence-electron chi connectivity index (χ4n) is 1.59. The van der Waals surface area contributed by atoms with Crippen LogP contribution in [0.25, 0.3) is 0 Å². The molecule has 2 rings (SSSR count). The van der Waals surface area contributed by atoms with E-state index in [-0.39, 0.29) is 0 Å². The van der Waals surface area contributed by atoms with E-state index in [2.05, 4.69) is 31.0 Å². The van der Waals surface area contributed by atoms with Crippen LogP contribution in [0.5, 0.6) is 0 Å². The van der Waals surface area contributed by atoms with E-state index >= 15 is 0 Å². The van der Waals surface area contributed by atoms with Crippen LogP contribution in [0.2, 0.25) is 0 Å². The number of likely N-dealkylation sites (tertiary alicyclic amines) is 1. The molecule has 0 saturated carbocycles. The Kier molecular flexibility index (Phi) is 10.1. The van der Waals surface area contributed by atoms with E-state index in [0.29, 0.717) is 0 Å². The smallest absolute Gasteiger partial charge is 0.00218 e. The lowest BCUT2D eigenvalue weighted by molar-refractivity contribution is 0.277. The van der Waals surface area contributed by atoms with Crippen LogP contribution in [-0.4, -0.2) is 25.0 Å². The molecule has 0 unspecified atom stereocenters. The number of piperidine rings is 1. The van der Waals surface area contributed by atoms with E-state index in [1.807, 2.05) is 32.0 Å². The van der Waals surface area contributed by atoms with Gasteiger partial charge in [0.2, 0.25) is 0 Å². The highest BCUT2D eigenvalue weighted by molar-refractivity contribution is 5.11. The van der Waals surface area contributed by atoms with Gasteiger partial charge in [-0.25, -0.2) is 0 Å². The fraction of sp³-hybridized carbons (Fsp3) is 0.600. The van der Waals surface area contributed by atoms with E-state index in [1.54, 1.807) is 0 Å². The van der Waals surface area contributed by atoms with Crippen LogP contribution < -0.4 is 0 Å². The van der Waals surface area contributed by atoms with Crippen molar-refractivity contribution in [3.05, 3.63) is 35.9 Å². The number of rotatable bonds is 0. The van der Waals surface area contributed by atoms with Crippen LogP contribution in [0.4, 0.5) is 0 Å². The second-order valence-corrected chi connectivity index (χ2v) is 4.02. The second kappa shape index (κ2) is 10.7. The molecular formula is C15H27N.